The monoisotopic (exact) mass is 452 g/mol. The average molecular weight is 453 g/mol. The SMILES string of the molecule is Oc1cccc2ccc(-c3cccc4c3nc(-c3cccc5cc[nH]c35)n4-c3ccccc3)nc12. The number of phenolic OH excluding ortho intramolecular Hbond substituents is 1. The van der Waals surface area contributed by atoms with Gasteiger partial charge in [-0.1, -0.05) is 60.7 Å². The number of para-hydroxylation sites is 4. The number of pyridine rings is 1. The number of rotatable bonds is 3. The highest BCUT2D eigenvalue weighted by molar-refractivity contribution is 5.99. The number of phenols is 1. The zero-order valence-electron chi connectivity index (χ0n) is 18.7. The summed E-state index contributed by atoms with van der Waals surface area (Å²) in [6.45, 7) is 0. The Morgan fingerprint density at radius 1 is 0.629 bits per heavy atom. The molecule has 35 heavy (non-hydrogen) atoms. The molecule has 0 aliphatic rings. The molecule has 3 aromatic heterocycles. The van der Waals surface area contributed by atoms with Crippen LogP contribution in [0.15, 0.2) is 109 Å². The predicted octanol–water partition coefficient (Wildman–Crippen LogP) is 7.09. The van der Waals surface area contributed by atoms with Gasteiger partial charge in [-0.2, -0.15) is 0 Å². The lowest BCUT2D eigenvalue weighted by Gasteiger charge is -2.10. The van der Waals surface area contributed by atoms with Crippen LogP contribution in [0.4, 0.5) is 0 Å². The second-order valence-corrected chi connectivity index (χ2v) is 8.57. The highest BCUT2D eigenvalue weighted by Gasteiger charge is 2.20. The molecule has 4 aromatic carbocycles. The van der Waals surface area contributed by atoms with Gasteiger partial charge in [0.1, 0.15) is 17.1 Å². The normalized spacial score (nSPS) is 11.5. The Bertz CT molecular complexity index is 1860. The third-order valence-electron chi connectivity index (χ3n) is 6.50. The quantitative estimate of drug-likeness (QED) is 0.301. The molecular weight excluding hydrogens is 432 g/mol. The molecule has 2 N–H and O–H groups in total. The second kappa shape index (κ2) is 7.57. The molecule has 0 atom stereocenters. The van der Waals surface area contributed by atoms with E-state index in [2.05, 4.69) is 52.0 Å². The minimum Gasteiger partial charge on any atom is -0.506 e. The molecule has 5 heteroatoms. The Kier molecular flexibility index (Phi) is 4.23. The Labute approximate surface area is 201 Å². The molecule has 0 saturated heterocycles. The number of imidazole rings is 1. The highest BCUT2D eigenvalue weighted by Crippen LogP contribution is 2.36. The lowest BCUT2D eigenvalue weighted by Crippen LogP contribution is -1.97. The van der Waals surface area contributed by atoms with Crippen LogP contribution in [0.25, 0.3) is 61.2 Å². The van der Waals surface area contributed by atoms with Crippen LogP contribution in [0.3, 0.4) is 0 Å². The van der Waals surface area contributed by atoms with Crippen molar-refractivity contribution >= 4 is 32.8 Å². The maximum absolute atomic E-state index is 10.4. The van der Waals surface area contributed by atoms with E-state index in [9.17, 15) is 5.11 Å². The smallest absolute Gasteiger partial charge is 0.147 e. The zero-order valence-corrected chi connectivity index (χ0v) is 18.7. The zero-order chi connectivity index (χ0) is 23.4. The second-order valence-electron chi connectivity index (χ2n) is 8.57. The van der Waals surface area contributed by atoms with E-state index in [1.165, 1.54) is 0 Å². The lowest BCUT2D eigenvalue weighted by atomic mass is 10.1. The van der Waals surface area contributed by atoms with Gasteiger partial charge in [0.25, 0.3) is 0 Å². The van der Waals surface area contributed by atoms with Crippen LogP contribution in [-0.2, 0) is 0 Å². The first-order chi connectivity index (χ1) is 17.3. The van der Waals surface area contributed by atoms with Crippen molar-refractivity contribution in [1.82, 2.24) is 19.5 Å². The van der Waals surface area contributed by atoms with Crippen LogP contribution in [-0.4, -0.2) is 24.6 Å². The Morgan fingerprint density at radius 3 is 2.34 bits per heavy atom. The highest BCUT2D eigenvalue weighted by atomic mass is 16.3. The van der Waals surface area contributed by atoms with Gasteiger partial charge < -0.3 is 10.1 Å². The standard InChI is InChI=1S/C30H20N4O/c35-26-14-5-8-19-15-16-24(32-28(19)26)22-11-6-13-25-29(22)33-30(34(25)21-9-2-1-3-10-21)23-12-4-7-20-17-18-31-27(20)23/h1-18,31,35H. The first-order valence-electron chi connectivity index (χ1n) is 11.5. The summed E-state index contributed by atoms with van der Waals surface area (Å²) in [6.07, 6.45) is 1.96. The van der Waals surface area contributed by atoms with Crippen LogP contribution in [0.1, 0.15) is 0 Å². The van der Waals surface area contributed by atoms with Crippen LogP contribution >= 0.6 is 0 Å². The number of aromatic nitrogens is 4. The van der Waals surface area contributed by atoms with Gasteiger partial charge >= 0.3 is 0 Å². The van der Waals surface area contributed by atoms with E-state index >= 15 is 0 Å². The van der Waals surface area contributed by atoms with Crippen molar-refractivity contribution in [2.45, 2.75) is 0 Å². The van der Waals surface area contributed by atoms with E-state index in [0.29, 0.717) is 5.52 Å². The maximum atomic E-state index is 10.4. The molecule has 0 fully saturated rings. The number of nitrogens with one attached hydrogen (secondary N) is 1. The van der Waals surface area contributed by atoms with E-state index < -0.39 is 0 Å². The van der Waals surface area contributed by atoms with Crippen molar-refractivity contribution in [3.05, 3.63) is 109 Å². The largest absolute Gasteiger partial charge is 0.506 e. The number of fused-ring (bicyclic) bond motifs is 3. The van der Waals surface area contributed by atoms with Crippen molar-refractivity contribution < 1.29 is 5.11 Å². The van der Waals surface area contributed by atoms with Gasteiger partial charge in [0, 0.05) is 33.8 Å². The maximum Gasteiger partial charge on any atom is 0.147 e. The van der Waals surface area contributed by atoms with Crippen LogP contribution in [0, 0.1) is 0 Å². The summed E-state index contributed by atoms with van der Waals surface area (Å²) in [4.78, 5) is 13.4. The van der Waals surface area contributed by atoms with Crippen LogP contribution in [0.5, 0.6) is 5.75 Å². The molecule has 7 aromatic rings. The molecule has 0 saturated carbocycles. The van der Waals surface area contributed by atoms with E-state index in [4.69, 9.17) is 9.97 Å². The molecule has 0 amide bonds. The summed E-state index contributed by atoms with van der Waals surface area (Å²) in [6, 6.07) is 34.2. The van der Waals surface area contributed by atoms with Gasteiger partial charge in [-0.05, 0) is 42.5 Å². The predicted molar refractivity (Wildman–Crippen MR) is 141 cm³/mol. The summed E-state index contributed by atoms with van der Waals surface area (Å²) in [5.41, 5.74) is 7.24. The van der Waals surface area contributed by atoms with Gasteiger partial charge in [0.05, 0.1) is 22.2 Å². The van der Waals surface area contributed by atoms with Gasteiger partial charge in [-0.15, -0.1) is 0 Å². The van der Waals surface area contributed by atoms with Gasteiger partial charge in [0.2, 0.25) is 0 Å². The molecule has 0 unspecified atom stereocenters. The molecule has 0 aliphatic heterocycles. The van der Waals surface area contributed by atoms with E-state index in [1.54, 1.807) is 6.07 Å². The fourth-order valence-electron chi connectivity index (χ4n) is 4.88. The first-order valence-corrected chi connectivity index (χ1v) is 11.5. The molecule has 7 rings (SSSR count). The molecule has 166 valence electrons. The Balaban J connectivity index is 1.56. The molecule has 5 nitrogen and oxygen atoms in total. The van der Waals surface area contributed by atoms with Crippen molar-refractivity contribution in [2.24, 2.45) is 0 Å². The fourth-order valence-corrected chi connectivity index (χ4v) is 4.88. The third kappa shape index (κ3) is 3.02. The fraction of sp³-hybridized carbons (Fsp3) is 0. The van der Waals surface area contributed by atoms with Crippen LogP contribution in [0.2, 0.25) is 0 Å². The minimum atomic E-state index is 0.172. The summed E-state index contributed by atoms with van der Waals surface area (Å²) in [7, 11) is 0. The number of aromatic amines is 1. The summed E-state index contributed by atoms with van der Waals surface area (Å²) < 4.78 is 2.20. The van der Waals surface area contributed by atoms with Crippen molar-refractivity contribution in [3.63, 3.8) is 0 Å². The number of benzene rings is 4. The molecule has 0 radical (unpaired) electrons. The molecule has 3 heterocycles. The van der Waals surface area contributed by atoms with Gasteiger partial charge in [0.15, 0.2) is 0 Å². The Morgan fingerprint density at radius 2 is 1.43 bits per heavy atom. The number of hydrogen-bond donors (Lipinski definition) is 2. The van der Waals surface area contributed by atoms with Crippen molar-refractivity contribution in [1.29, 1.82) is 0 Å². The number of H-pyrrole nitrogens is 1. The average Bonchev–Trinajstić information content (AvgIpc) is 3.54. The molecule has 0 aliphatic carbocycles. The summed E-state index contributed by atoms with van der Waals surface area (Å²) in [5, 5.41) is 12.4. The van der Waals surface area contributed by atoms with Crippen molar-refractivity contribution in [3.8, 4) is 34.1 Å². The van der Waals surface area contributed by atoms with Gasteiger partial charge in [-0.25, -0.2) is 9.97 Å². The van der Waals surface area contributed by atoms with Crippen LogP contribution < -0.4 is 0 Å². The van der Waals surface area contributed by atoms with Gasteiger partial charge in [-0.3, -0.25) is 4.57 Å². The van der Waals surface area contributed by atoms with E-state index in [-0.39, 0.29) is 5.75 Å². The lowest BCUT2D eigenvalue weighted by molar-refractivity contribution is 0.480. The molecule has 0 bridgehead atoms. The first kappa shape index (κ1) is 19.6. The molecule has 0 spiro atoms. The number of aromatic hydroxyl groups is 1. The minimum absolute atomic E-state index is 0.172. The summed E-state index contributed by atoms with van der Waals surface area (Å²) >= 11 is 0. The molecular formula is C30H20N4O. The van der Waals surface area contributed by atoms with Crippen molar-refractivity contribution in [2.75, 3.05) is 0 Å². The van der Waals surface area contributed by atoms with E-state index in [0.717, 1.165) is 55.7 Å². The number of nitrogens with zero attached hydrogens (tertiary/aromatic N) is 3. The number of hydrogen-bond acceptors (Lipinski definition) is 3. The Hall–Kier alpha value is -4.90. The third-order valence-corrected chi connectivity index (χ3v) is 6.50. The van der Waals surface area contributed by atoms with E-state index in [1.807, 2.05) is 60.8 Å². The summed E-state index contributed by atoms with van der Waals surface area (Å²) in [5.74, 6) is 1.03. The topological polar surface area (TPSA) is 66.7 Å².